The Hall–Kier alpha value is -2.41. The molecule has 2 rings (SSSR count). The zero-order valence-electron chi connectivity index (χ0n) is 10.4. The summed E-state index contributed by atoms with van der Waals surface area (Å²) in [5, 5.41) is 0. The fourth-order valence-corrected chi connectivity index (χ4v) is 1.73. The zero-order chi connectivity index (χ0) is 14.6. The first-order valence-corrected chi connectivity index (χ1v) is 5.87. The molecule has 2 aromatic rings. The third kappa shape index (κ3) is 3.33. The van der Waals surface area contributed by atoms with Gasteiger partial charge in [-0.2, -0.15) is 13.2 Å². The van der Waals surface area contributed by atoms with Crippen LogP contribution in [0.1, 0.15) is 11.1 Å². The summed E-state index contributed by atoms with van der Waals surface area (Å²) in [6, 6.07) is 12.0. The number of rotatable bonds is 3. The van der Waals surface area contributed by atoms with Gasteiger partial charge in [0.15, 0.2) is 0 Å². The van der Waals surface area contributed by atoms with E-state index in [4.69, 9.17) is 11.2 Å². The van der Waals surface area contributed by atoms with Crippen molar-refractivity contribution in [2.75, 3.05) is 0 Å². The minimum absolute atomic E-state index is 0.239. The van der Waals surface area contributed by atoms with Crippen molar-refractivity contribution in [1.82, 2.24) is 0 Å². The molecule has 0 heterocycles. The van der Waals surface area contributed by atoms with Crippen molar-refractivity contribution < 1.29 is 17.9 Å². The SMILES string of the molecule is C#CCc1ccc(C(F)(F)F)c(Oc2ccccc2)c1. The molecule has 0 atom stereocenters. The second-order valence-electron chi connectivity index (χ2n) is 4.12. The van der Waals surface area contributed by atoms with Gasteiger partial charge in [0.2, 0.25) is 0 Å². The first kappa shape index (κ1) is 14.0. The molecule has 0 aliphatic heterocycles. The van der Waals surface area contributed by atoms with Gasteiger partial charge < -0.3 is 4.74 Å². The molecule has 0 bridgehead atoms. The topological polar surface area (TPSA) is 9.23 Å². The maximum Gasteiger partial charge on any atom is 0.419 e. The van der Waals surface area contributed by atoms with Gasteiger partial charge >= 0.3 is 6.18 Å². The lowest BCUT2D eigenvalue weighted by molar-refractivity contribution is -0.138. The van der Waals surface area contributed by atoms with Crippen molar-refractivity contribution in [3.63, 3.8) is 0 Å². The van der Waals surface area contributed by atoms with E-state index in [-0.39, 0.29) is 12.2 Å². The normalized spacial score (nSPS) is 10.9. The number of halogens is 3. The highest BCUT2D eigenvalue weighted by molar-refractivity contribution is 5.43. The molecule has 4 heteroatoms. The maximum atomic E-state index is 12.9. The van der Waals surface area contributed by atoms with E-state index >= 15 is 0 Å². The fraction of sp³-hybridized carbons (Fsp3) is 0.125. The molecule has 0 saturated carbocycles. The third-order valence-corrected chi connectivity index (χ3v) is 2.63. The van der Waals surface area contributed by atoms with Crippen molar-refractivity contribution in [2.45, 2.75) is 12.6 Å². The lowest BCUT2D eigenvalue weighted by Gasteiger charge is -2.14. The van der Waals surface area contributed by atoms with Gasteiger partial charge in [0.25, 0.3) is 0 Å². The molecule has 1 nitrogen and oxygen atoms in total. The van der Waals surface area contributed by atoms with Gasteiger partial charge in [-0.05, 0) is 29.8 Å². The Balaban J connectivity index is 2.42. The number of benzene rings is 2. The number of terminal acetylenes is 1. The summed E-state index contributed by atoms with van der Waals surface area (Å²) >= 11 is 0. The summed E-state index contributed by atoms with van der Waals surface area (Å²) in [6.45, 7) is 0. The van der Waals surface area contributed by atoms with Gasteiger partial charge in [0.1, 0.15) is 11.5 Å². The Kier molecular flexibility index (Phi) is 3.99. The lowest BCUT2D eigenvalue weighted by atomic mass is 10.1. The van der Waals surface area contributed by atoms with Crippen LogP contribution in [-0.4, -0.2) is 0 Å². The summed E-state index contributed by atoms with van der Waals surface area (Å²) in [7, 11) is 0. The molecule has 0 aromatic heterocycles. The Morgan fingerprint density at radius 2 is 1.75 bits per heavy atom. The maximum absolute atomic E-state index is 12.9. The summed E-state index contributed by atoms with van der Waals surface area (Å²) in [5.74, 6) is 2.50. The van der Waals surface area contributed by atoms with E-state index in [2.05, 4.69) is 5.92 Å². The molecule has 20 heavy (non-hydrogen) atoms. The quantitative estimate of drug-likeness (QED) is 0.740. The van der Waals surface area contributed by atoms with Crippen LogP contribution in [0.25, 0.3) is 0 Å². The molecule has 0 radical (unpaired) electrons. The Labute approximate surface area is 115 Å². The molecule has 0 aliphatic carbocycles. The van der Waals surface area contributed by atoms with Gasteiger partial charge in [0.05, 0.1) is 5.56 Å². The van der Waals surface area contributed by atoms with Crippen LogP contribution in [0.15, 0.2) is 48.5 Å². The second kappa shape index (κ2) is 5.70. The third-order valence-electron chi connectivity index (χ3n) is 2.63. The minimum atomic E-state index is -4.47. The largest absolute Gasteiger partial charge is 0.457 e. The first-order chi connectivity index (χ1) is 9.50. The van der Waals surface area contributed by atoms with Crippen LogP contribution in [0.4, 0.5) is 13.2 Å². The van der Waals surface area contributed by atoms with Crippen LogP contribution in [0.5, 0.6) is 11.5 Å². The number of hydrogen-bond acceptors (Lipinski definition) is 1. The molecule has 0 aliphatic rings. The number of hydrogen-bond donors (Lipinski definition) is 0. The molecule has 0 fully saturated rings. The summed E-state index contributed by atoms with van der Waals surface area (Å²) < 4.78 is 44.2. The van der Waals surface area contributed by atoms with Gasteiger partial charge in [-0.15, -0.1) is 12.3 Å². The van der Waals surface area contributed by atoms with Gasteiger partial charge in [-0.3, -0.25) is 0 Å². The van der Waals surface area contributed by atoms with Crippen molar-refractivity contribution >= 4 is 0 Å². The van der Waals surface area contributed by atoms with E-state index in [1.807, 2.05) is 0 Å². The van der Waals surface area contributed by atoms with E-state index in [0.717, 1.165) is 6.07 Å². The highest BCUT2D eigenvalue weighted by atomic mass is 19.4. The van der Waals surface area contributed by atoms with Crippen LogP contribution in [0, 0.1) is 12.3 Å². The Morgan fingerprint density at radius 3 is 2.35 bits per heavy atom. The van der Waals surface area contributed by atoms with Crippen LogP contribution >= 0.6 is 0 Å². The van der Waals surface area contributed by atoms with Crippen LogP contribution in [0.3, 0.4) is 0 Å². The molecule has 0 saturated heterocycles. The zero-order valence-corrected chi connectivity index (χ0v) is 10.4. The molecule has 0 amide bonds. The van der Waals surface area contributed by atoms with Crippen molar-refractivity contribution in [3.8, 4) is 23.8 Å². The summed E-state index contributed by atoms with van der Waals surface area (Å²) in [6.07, 6.45) is 0.954. The second-order valence-corrected chi connectivity index (χ2v) is 4.12. The minimum Gasteiger partial charge on any atom is -0.457 e. The molecule has 0 N–H and O–H groups in total. The van der Waals surface area contributed by atoms with Crippen LogP contribution < -0.4 is 4.74 Å². The average molecular weight is 276 g/mol. The van der Waals surface area contributed by atoms with E-state index in [1.54, 1.807) is 30.3 Å². The predicted octanol–water partition coefficient (Wildman–Crippen LogP) is 4.67. The molecular weight excluding hydrogens is 265 g/mol. The predicted molar refractivity (Wildman–Crippen MR) is 70.5 cm³/mol. The average Bonchev–Trinajstić information content (AvgIpc) is 2.39. The molecule has 2 aromatic carbocycles. The molecule has 0 spiro atoms. The standard InChI is InChI=1S/C16H11F3O/c1-2-6-12-9-10-14(16(17,18)19)15(11-12)20-13-7-4-3-5-8-13/h1,3-5,7-11H,6H2. The van der Waals surface area contributed by atoms with E-state index in [9.17, 15) is 13.2 Å². The van der Waals surface area contributed by atoms with Gasteiger partial charge in [0, 0.05) is 6.42 Å². The first-order valence-electron chi connectivity index (χ1n) is 5.87. The molecule has 102 valence electrons. The van der Waals surface area contributed by atoms with Crippen LogP contribution in [-0.2, 0) is 12.6 Å². The molecule has 0 unspecified atom stereocenters. The smallest absolute Gasteiger partial charge is 0.419 e. The van der Waals surface area contributed by atoms with E-state index in [1.165, 1.54) is 12.1 Å². The lowest BCUT2D eigenvalue weighted by Crippen LogP contribution is -2.07. The Morgan fingerprint density at radius 1 is 1.05 bits per heavy atom. The van der Waals surface area contributed by atoms with Crippen molar-refractivity contribution in [1.29, 1.82) is 0 Å². The van der Waals surface area contributed by atoms with Crippen molar-refractivity contribution in [2.24, 2.45) is 0 Å². The number of alkyl halides is 3. The molecular formula is C16H11F3O. The number of ether oxygens (including phenoxy) is 1. The Bertz CT molecular complexity index is 624. The summed E-state index contributed by atoms with van der Waals surface area (Å²) in [5.41, 5.74) is -0.214. The monoisotopic (exact) mass is 276 g/mol. The van der Waals surface area contributed by atoms with E-state index in [0.29, 0.717) is 11.3 Å². The van der Waals surface area contributed by atoms with Gasteiger partial charge in [-0.25, -0.2) is 0 Å². The van der Waals surface area contributed by atoms with Crippen molar-refractivity contribution in [3.05, 3.63) is 59.7 Å². The van der Waals surface area contributed by atoms with E-state index < -0.39 is 11.7 Å². The highest BCUT2D eigenvalue weighted by Crippen LogP contribution is 2.38. The van der Waals surface area contributed by atoms with Crippen LogP contribution in [0.2, 0.25) is 0 Å². The fourth-order valence-electron chi connectivity index (χ4n) is 1.73. The highest BCUT2D eigenvalue weighted by Gasteiger charge is 2.34. The van der Waals surface area contributed by atoms with Gasteiger partial charge in [-0.1, -0.05) is 24.3 Å². The number of para-hydroxylation sites is 1. The summed E-state index contributed by atoms with van der Waals surface area (Å²) in [4.78, 5) is 0.